The summed E-state index contributed by atoms with van der Waals surface area (Å²) >= 11 is 1.38. The van der Waals surface area contributed by atoms with Crippen molar-refractivity contribution in [1.29, 1.82) is 0 Å². The number of anilines is 1. The molecule has 138 valence electrons. The van der Waals surface area contributed by atoms with E-state index < -0.39 is 11.9 Å². The van der Waals surface area contributed by atoms with Gasteiger partial charge in [0.15, 0.2) is 5.13 Å². The summed E-state index contributed by atoms with van der Waals surface area (Å²) in [5.41, 5.74) is 0.973. The zero-order chi connectivity index (χ0) is 18.5. The van der Waals surface area contributed by atoms with E-state index in [4.69, 9.17) is 5.11 Å². The minimum atomic E-state index is -0.805. The Hall–Kier alpha value is -2.32. The molecule has 1 aliphatic rings. The van der Waals surface area contributed by atoms with E-state index >= 15 is 0 Å². The highest BCUT2D eigenvalue weighted by molar-refractivity contribution is 7.15. The summed E-state index contributed by atoms with van der Waals surface area (Å²) in [7, 11) is 0. The van der Waals surface area contributed by atoms with E-state index in [9.17, 15) is 14.0 Å². The number of carbonyl (C=O) groups excluding carboxylic acids is 1. The number of halogens is 1. The predicted molar refractivity (Wildman–Crippen MR) is 96.7 cm³/mol. The summed E-state index contributed by atoms with van der Waals surface area (Å²) in [6.07, 6.45) is 3.77. The third kappa shape index (κ3) is 5.09. The quantitative estimate of drug-likeness (QED) is 0.809. The standard InChI is InChI=1S/C18H20FN3O3S/c19-14-5-3-12(4-6-14)8-15-9-20-18(26-15)21-16(23)11-22-7-1-2-13(10-22)17(24)25/h3-6,9,13H,1-2,7-8,10-11H2,(H,24,25)(H,20,21,23). The molecule has 1 aromatic carbocycles. The summed E-state index contributed by atoms with van der Waals surface area (Å²) in [5.74, 6) is -1.67. The van der Waals surface area contributed by atoms with E-state index in [1.807, 2.05) is 4.90 Å². The minimum Gasteiger partial charge on any atom is -0.481 e. The molecule has 6 nitrogen and oxygen atoms in total. The molecule has 26 heavy (non-hydrogen) atoms. The van der Waals surface area contributed by atoms with Gasteiger partial charge in [-0.3, -0.25) is 14.5 Å². The predicted octanol–water partition coefficient (Wildman–Crippen LogP) is 2.61. The van der Waals surface area contributed by atoms with Gasteiger partial charge in [-0.1, -0.05) is 12.1 Å². The number of likely N-dealkylation sites (tertiary alicyclic amines) is 1. The molecule has 0 radical (unpaired) electrons. The molecule has 0 aliphatic carbocycles. The van der Waals surface area contributed by atoms with Crippen molar-refractivity contribution in [2.45, 2.75) is 19.3 Å². The first-order valence-corrected chi connectivity index (χ1v) is 9.25. The maximum atomic E-state index is 12.9. The highest BCUT2D eigenvalue weighted by Gasteiger charge is 2.26. The van der Waals surface area contributed by atoms with Crippen LogP contribution in [-0.2, 0) is 16.0 Å². The Kier molecular flexibility index (Phi) is 5.95. The first kappa shape index (κ1) is 18.5. The van der Waals surface area contributed by atoms with Crippen molar-refractivity contribution in [2.75, 3.05) is 25.0 Å². The van der Waals surface area contributed by atoms with Crippen molar-refractivity contribution in [1.82, 2.24) is 9.88 Å². The molecule has 8 heteroatoms. The molecule has 1 atom stereocenters. The van der Waals surface area contributed by atoms with Gasteiger partial charge in [-0.25, -0.2) is 9.37 Å². The monoisotopic (exact) mass is 377 g/mol. The number of hydrogen-bond donors (Lipinski definition) is 2. The first-order valence-electron chi connectivity index (χ1n) is 8.44. The van der Waals surface area contributed by atoms with Gasteiger partial charge in [-0.2, -0.15) is 0 Å². The lowest BCUT2D eigenvalue weighted by Gasteiger charge is -2.29. The van der Waals surface area contributed by atoms with Crippen molar-refractivity contribution in [3.05, 3.63) is 46.7 Å². The first-order chi connectivity index (χ1) is 12.5. The molecule has 0 spiro atoms. The van der Waals surface area contributed by atoms with Crippen LogP contribution in [0.5, 0.6) is 0 Å². The zero-order valence-electron chi connectivity index (χ0n) is 14.2. The number of hydrogen-bond acceptors (Lipinski definition) is 5. The van der Waals surface area contributed by atoms with Gasteiger partial charge in [0.1, 0.15) is 5.82 Å². The Morgan fingerprint density at radius 3 is 2.85 bits per heavy atom. The topological polar surface area (TPSA) is 82.5 Å². The third-order valence-corrected chi connectivity index (χ3v) is 5.23. The number of carboxylic acids is 1. The van der Waals surface area contributed by atoms with Crippen LogP contribution in [0, 0.1) is 11.7 Å². The van der Waals surface area contributed by atoms with E-state index in [1.165, 1.54) is 23.5 Å². The molecule has 1 amide bonds. The lowest BCUT2D eigenvalue weighted by molar-refractivity contribution is -0.144. The fourth-order valence-electron chi connectivity index (χ4n) is 3.01. The molecule has 1 saturated heterocycles. The fourth-order valence-corrected chi connectivity index (χ4v) is 3.88. The molecule has 2 heterocycles. The van der Waals surface area contributed by atoms with E-state index in [0.717, 1.165) is 23.4 Å². The molecule has 2 aromatic rings. The summed E-state index contributed by atoms with van der Waals surface area (Å²) in [4.78, 5) is 30.3. The van der Waals surface area contributed by atoms with Gasteiger partial charge >= 0.3 is 5.97 Å². The number of nitrogens with zero attached hydrogens (tertiary/aromatic N) is 2. The second-order valence-corrected chi connectivity index (χ2v) is 7.51. The van der Waals surface area contributed by atoms with E-state index in [0.29, 0.717) is 24.5 Å². The summed E-state index contributed by atoms with van der Waals surface area (Å²) < 4.78 is 12.9. The van der Waals surface area contributed by atoms with Crippen LogP contribution in [0.1, 0.15) is 23.3 Å². The molecule has 1 aromatic heterocycles. The normalized spacial score (nSPS) is 17.8. The van der Waals surface area contributed by atoms with Gasteiger partial charge in [0.25, 0.3) is 0 Å². The van der Waals surface area contributed by atoms with Gasteiger partial charge in [-0.15, -0.1) is 11.3 Å². The van der Waals surface area contributed by atoms with Crippen LogP contribution in [-0.4, -0.2) is 46.5 Å². The number of aromatic nitrogens is 1. The highest BCUT2D eigenvalue weighted by Crippen LogP contribution is 2.22. The van der Waals surface area contributed by atoms with Crippen LogP contribution in [0.15, 0.2) is 30.5 Å². The Balaban J connectivity index is 1.51. The summed E-state index contributed by atoms with van der Waals surface area (Å²) in [5, 5.41) is 12.4. The summed E-state index contributed by atoms with van der Waals surface area (Å²) in [6.45, 7) is 1.29. The highest BCUT2D eigenvalue weighted by atomic mass is 32.1. The molecule has 1 unspecified atom stereocenters. The number of benzene rings is 1. The Labute approximate surface area is 154 Å². The van der Waals surface area contributed by atoms with Gasteiger partial charge in [0.2, 0.25) is 5.91 Å². The number of amides is 1. The maximum absolute atomic E-state index is 12.9. The van der Waals surface area contributed by atoms with Crippen LogP contribution in [0.25, 0.3) is 0 Å². The number of carboxylic acid groups (broad SMARTS) is 1. The average molecular weight is 377 g/mol. The van der Waals surface area contributed by atoms with Crippen molar-refractivity contribution < 1.29 is 19.1 Å². The van der Waals surface area contributed by atoms with E-state index in [2.05, 4.69) is 10.3 Å². The molecule has 1 aliphatic heterocycles. The van der Waals surface area contributed by atoms with Crippen molar-refractivity contribution >= 4 is 28.3 Å². The van der Waals surface area contributed by atoms with Crippen LogP contribution in [0.4, 0.5) is 9.52 Å². The van der Waals surface area contributed by atoms with Crippen LogP contribution < -0.4 is 5.32 Å². The molecule has 0 saturated carbocycles. The largest absolute Gasteiger partial charge is 0.481 e. The molecule has 0 bridgehead atoms. The number of rotatable bonds is 6. The fraction of sp³-hybridized carbons (Fsp3) is 0.389. The number of nitrogens with one attached hydrogen (secondary N) is 1. The third-order valence-electron chi connectivity index (χ3n) is 4.31. The SMILES string of the molecule is O=C(CN1CCCC(C(=O)O)C1)Nc1ncc(Cc2ccc(F)cc2)s1. The van der Waals surface area contributed by atoms with Crippen molar-refractivity contribution in [3.8, 4) is 0 Å². The summed E-state index contributed by atoms with van der Waals surface area (Å²) in [6, 6.07) is 6.29. The number of carbonyl (C=O) groups is 2. The Bertz CT molecular complexity index is 778. The van der Waals surface area contributed by atoms with E-state index in [-0.39, 0.29) is 18.3 Å². The van der Waals surface area contributed by atoms with Crippen LogP contribution >= 0.6 is 11.3 Å². The van der Waals surface area contributed by atoms with Crippen molar-refractivity contribution in [3.63, 3.8) is 0 Å². The maximum Gasteiger partial charge on any atom is 0.307 e. The Morgan fingerprint density at radius 1 is 1.35 bits per heavy atom. The smallest absolute Gasteiger partial charge is 0.307 e. The number of thiazole rings is 1. The number of piperidine rings is 1. The zero-order valence-corrected chi connectivity index (χ0v) is 15.0. The van der Waals surface area contributed by atoms with Gasteiger partial charge in [0, 0.05) is 24.0 Å². The minimum absolute atomic E-state index is 0.163. The van der Waals surface area contributed by atoms with Gasteiger partial charge in [-0.05, 0) is 37.1 Å². The van der Waals surface area contributed by atoms with Crippen LogP contribution in [0.3, 0.4) is 0 Å². The van der Waals surface area contributed by atoms with E-state index in [1.54, 1.807) is 18.3 Å². The van der Waals surface area contributed by atoms with Crippen LogP contribution in [0.2, 0.25) is 0 Å². The van der Waals surface area contributed by atoms with Gasteiger partial charge < -0.3 is 10.4 Å². The molecule has 2 N–H and O–H groups in total. The molecular weight excluding hydrogens is 357 g/mol. The van der Waals surface area contributed by atoms with Gasteiger partial charge in [0.05, 0.1) is 12.5 Å². The average Bonchev–Trinajstić information content (AvgIpc) is 3.04. The molecule has 1 fully saturated rings. The molecule has 3 rings (SSSR count). The second-order valence-electron chi connectivity index (χ2n) is 6.40. The van der Waals surface area contributed by atoms with Crippen molar-refractivity contribution in [2.24, 2.45) is 5.92 Å². The Morgan fingerprint density at radius 2 is 2.12 bits per heavy atom. The number of aliphatic carboxylic acids is 1. The second kappa shape index (κ2) is 8.37. The lowest BCUT2D eigenvalue weighted by Crippen LogP contribution is -2.42. The lowest BCUT2D eigenvalue weighted by atomic mass is 9.98. The molecular formula is C18H20FN3O3S.